The summed E-state index contributed by atoms with van der Waals surface area (Å²) in [5.41, 5.74) is 0. The molecule has 0 saturated carbocycles. The highest BCUT2D eigenvalue weighted by Gasteiger charge is 2.20. The van der Waals surface area contributed by atoms with E-state index in [9.17, 15) is 33.9 Å². The molecule has 0 saturated heterocycles. The van der Waals surface area contributed by atoms with Crippen molar-refractivity contribution in [2.24, 2.45) is 0 Å². The van der Waals surface area contributed by atoms with Crippen LogP contribution >= 0.6 is 0 Å². The zero-order valence-electron chi connectivity index (χ0n) is 25.1. The van der Waals surface area contributed by atoms with Crippen molar-refractivity contribution < 1.29 is 44.1 Å². The first kappa shape index (κ1) is 38.8. The van der Waals surface area contributed by atoms with Crippen LogP contribution in [0.1, 0.15) is 135 Å². The third kappa shape index (κ3) is 27.0. The van der Waals surface area contributed by atoms with Crippen LogP contribution in [0.4, 0.5) is 0 Å². The van der Waals surface area contributed by atoms with Gasteiger partial charge < -0.3 is 31.3 Å². The zero-order chi connectivity index (χ0) is 31.4. The van der Waals surface area contributed by atoms with Gasteiger partial charge in [-0.1, -0.05) is 77.0 Å². The molecule has 0 aromatic heterocycles. The van der Waals surface area contributed by atoms with Crippen LogP contribution in [0.5, 0.6) is 0 Å². The molecule has 0 heterocycles. The fourth-order valence-electron chi connectivity index (χ4n) is 4.46. The van der Waals surface area contributed by atoms with Crippen LogP contribution in [0.15, 0.2) is 0 Å². The lowest BCUT2D eigenvalue weighted by molar-refractivity contribution is -0.142. The Labute approximate surface area is 249 Å². The minimum absolute atomic E-state index is 0.0404. The molecule has 0 aromatic rings. The van der Waals surface area contributed by atoms with Crippen LogP contribution in [-0.4, -0.2) is 70.1 Å². The first-order valence-corrected chi connectivity index (χ1v) is 15.6. The standard InChI is InChI=1S/C30H53N3O9/c34-25(17-15-19-29(39)40)31-22-23-32-26(35)21-20-24(30(41)42)33-27(36)16-13-11-9-7-5-3-1-2-4-6-8-10-12-14-18-28(37)38/h24H,1-23H2,(H,31,34)(H,32,35)(H,33,36)(H,37,38)(H,39,40)(H,41,42)/t24-/m0/s1. The van der Waals surface area contributed by atoms with E-state index in [-0.39, 0.29) is 75.8 Å². The maximum Gasteiger partial charge on any atom is 0.326 e. The normalized spacial score (nSPS) is 11.4. The molecule has 12 nitrogen and oxygen atoms in total. The molecule has 0 bridgehead atoms. The van der Waals surface area contributed by atoms with E-state index in [0.717, 1.165) is 38.5 Å². The van der Waals surface area contributed by atoms with Crippen LogP contribution in [0.25, 0.3) is 0 Å². The van der Waals surface area contributed by atoms with Crippen LogP contribution < -0.4 is 16.0 Å². The smallest absolute Gasteiger partial charge is 0.326 e. The number of nitrogens with one attached hydrogen (secondary N) is 3. The third-order valence-electron chi connectivity index (χ3n) is 6.90. The monoisotopic (exact) mass is 599 g/mol. The van der Waals surface area contributed by atoms with E-state index in [2.05, 4.69) is 16.0 Å². The van der Waals surface area contributed by atoms with Gasteiger partial charge in [-0.3, -0.25) is 24.0 Å². The number of amides is 3. The molecule has 0 aliphatic carbocycles. The Bertz CT molecular complexity index is 805. The summed E-state index contributed by atoms with van der Waals surface area (Å²) < 4.78 is 0. The van der Waals surface area contributed by atoms with E-state index >= 15 is 0 Å². The average Bonchev–Trinajstić information content (AvgIpc) is 2.92. The number of carboxylic acid groups (broad SMARTS) is 3. The first-order valence-electron chi connectivity index (χ1n) is 15.6. The van der Waals surface area contributed by atoms with Gasteiger partial charge >= 0.3 is 17.9 Å². The van der Waals surface area contributed by atoms with Crippen LogP contribution in [-0.2, 0) is 28.8 Å². The van der Waals surface area contributed by atoms with Gasteiger partial charge in [0.2, 0.25) is 17.7 Å². The molecule has 42 heavy (non-hydrogen) atoms. The molecule has 0 aromatic carbocycles. The van der Waals surface area contributed by atoms with Crippen molar-refractivity contribution >= 4 is 35.6 Å². The van der Waals surface area contributed by atoms with Crippen LogP contribution in [0.3, 0.4) is 0 Å². The van der Waals surface area contributed by atoms with Gasteiger partial charge in [-0.2, -0.15) is 0 Å². The fourth-order valence-corrected chi connectivity index (χ4v) is 4.46. The molecule has 6 N–H and O–H groups in total. The summed E-state index contributed by atoms with van der Waals surface area (Å²) in [5.74, 6) is -3.90. The quantitative estimate of drug-likeness (QED) is 0.0683. The van der Waals surface area contributed by atoms with E-state index < -0.39 is 23.9 Å². The lowest BCUT2D eigenvalue weighted by Gasteiger charge is -2.14. The van der Waals surface area contributed by atoms with Crippen molar-refractivity contribution in [2.45, 2.75) is 141 Å². The topological polar surface area (TPSA) is 199 Å². The number of hydrogen-bond donors (Lipinski definition) is 6. The van der Waals surface area contributed by atoms with Gasteiger partial charge in [-0.15, -0.1) is 0 Å². The minimum Gasteiger partial charge on any atom is -0.481 e. The number of rotatable bonds is 29. The molecule has 0 unspecified atom stereocenters. The molecule has 12 heteroatoms. The highest BCUT2D eigenvalue weighted by molar-refractivity contribution is 5.84. The zero-order valence-corrected chi connectivity index (χ0v) is 25.1. The Kier molecular flexibility index (Phi) is 24.7. The Morgan fingerprint density at radius 3 is 1.21 bits per heavy atom. The number of carboxylic acids is 3. The maximum atomic E-state index is 12.2. The average molecular weight is 600 g/mol. The van der Waals surface area contributed by atoms with E-state index in [1.54, 1.807) is 0 Å². The van der Waals surface area contributed by atoms with E-state index in [1.807, 2.05) is 0 Å². The predicted molar refractivity (Wildman–Crippen MR) is 158 cm³/mol. The third-order valence-corrected chi connectivity index (χ3v) is 6.90. The van der Waals surface area contributed by atoms with E-state index in [4.69, 9.17) is 10.2 Å². The molecule has 242 valence electrons. The predicted octanol–water partition coefficient (Wildman–Crippen LogP) is 4.15. The molecule has 0 radical (unpaired) electrons. The number of unbranched alkanes of at least 4 members (excludes halogenated alkanes) is 13. The van der Waals surface area contributed by atoms with Gasteiger partial charge in [0.05, 0.1) is 0 Å². The summed E-state index contributed by atoms with van der Waals surface area (Å²) in [4.78, 5) is 68.1. The van der Waals surface area contributed by atoms with Gasteiger partial charge in [-0.05, 0) is 25.7 Å². The summed E-state index contributed by atoms with van der Waals surface area (Å²) in [6.07, 6.45) is 15.7. The van der Waals surface area contributed by atoms with Crippen LogP contribution in [0.2, 0.25) is 0 Å². The van der Waals surface area contributed by atoms with Gasteiger partial charge in [0, 0.05) is 45.2 Å². The molecule has 0 aliphatic heterocycles. The van der Waals surface area contributed by atoms with E-state index in [0.29, 0.717) is 6.42 Å². The molecule has 1 atom stereocenters. The Hall–Kier alpha value is -3.18. The fraction of sp³-hybridized carbons (Fsp3) is 0.800. The van der Waals surface area contributed by atoms with Crippen molar-refractivity contribution in [3.8, 4) is 0 Å². The molecule has 0 aliphatic rings. The van der Waals surface area contributed by atoms with Gasteiger partial charge in [0.25, 0.3) is 0 Å². The van der Waals surface area contributed by atoms with Crippen molar-refractivity contribution in [2.75, 3.05) is 13.1 Å². The van der Waals surface area contributed by atoms with Gasteiger partial charge in [-0.25, -0.2) is 4.79 Å². The lowest BCUT2D eigenvalue weighted by Crippen LogP contribution is -2.42. The van der Waals surface area contributed by atoms with Gasteiger partial charge in [0.15, 0.2) is 0 Å². The van der Waals surface area contributed by atoms with Crippen molar-refractivity contribution in [3.63, 3.8) is 0 Å². The van der Waals surface area contributed by atoms with Crippen molar-refractivity contribution in [3.05, 3.63) is 0 Å². The Balaban J connectivity index is 3.73. The highest BCUT2D eigenvalue weighted by atomic mass is 16.4. The number of aliphatic carboxylic acids is 3. The molecular formula is C30H53N3O9. The molecular weight excluding hydrogens is 546 g/mol. The Morgan fingerprint density at radius 2 is 0.786 bits per heavy atom. The summed E-state index contributed by atoms with van der Waals surface area (Å²) in [6.45, 7) is 0.336. The van der Waals surface area contributed by atoms with Gasteiger partial charge in [0.1, 0.15) is 6.04 Å². The second-order valence-corrected chi connectivity index (χ2v) is 10.8. The van der Waals surface area contributed by atoms with E-state index in [1.165, 1.54) is 44.9 Å². The second kappa shape index (κ2) is 26.7. The largest absolute Gasteiger partial charge is 0.481 e. The number of carbonyl (C=O) groups is 6. The van der Waals surface area contributed by atoms with Crippen LogP contribution in [0, 0.1) is 0 Å². The second-order valence-electron chi connectivity index (χ2n) is 10.8. The summed E-state index contributed by atoms with van der Waals surface area (Å²) in [5, 5.41) is 34.2. The van der Waals surface area contributed by atoms with Crippen molar-refractivity contribution in [1.82, 2.24) is 16.0 Å². The number of carbonyl (C=O) groups excluding carboxylic acids is 3. The van der Waals surface area contributed by atoms with Crippen molar-refractivity contribution in [1.29, 1.82) is 0 Å². The SMILES string of the molecule is O=C(O)CCCCCCCCCCCCCCCCC(=O)N[C@@H](CCC(=O)NCCNC(=O)CCCC(=O)O)C(=O)O. The molecule has 0 fully saturated rings. The summed E-state index contributed by atoms with van der Waals surface area (Å²) in [7, 11) is 0. The Morgan fingerprint density at radius 1 is 0.429 bits per heavy atom. The summed E-state index contributed by atoms with van der Waals surface area (Å²) >= 11 is 0. The minimum atomic E-state index is -1.19. The number of hydrogen-bond acceptors (Lipinski definition) is 6. The first-order chi connectivity index (χ1) is 20.1. The molecule has 0 spiro atoms. The lowest BCUT2D eigenvalue weighted by atomic mass is 10.0. The highest BCUT2D eigenvalue weighted by Crippen LogP contribution is 2.14. The summed E-state index contributed by atoms with van der Waals surface area (Å²) in [6, 6.07) is -1.14. The molecule has 0 rings (SSSR count). The maximum absolute atomic E-state index is 12.2. The molecule has 3 amide bonds.